The van der Waals surface area contributed by atoms with Crippen LogP contribution >= 0.6 is 23.5 Å². The first-order valence-electron chi connectivity index (χ1n) is 6.66. The van der Waals surface area contributed by atoms with Crippen molar-refractivity contribution in [3.63, 3.8) is 0 Å². The Morgan fingerprint density at radius 2 is 2.06 bits per heavy atom. The van der Waals surface area contributed by atoms with Crippen molar-refractivity contribution in [2.24, 2.45) is 0 Å². The van der Waals surface area contributed by atoms with Crippen LogP contribution in [0.5, 0.6) is 0 Å². The van der Waals surface area contributed by atoms with E-state index in [4.69, 9.17) is 0 Å². The van der Waals surface area contributed by atoms with Gasteiger partial charge >= 0.3 is 0 Å². The van der Waals surface area contributed by atoms with Crippen LogP contribution in [0.4, 0.5) is 0 Å². The lowest BCUT2D eigenvalue weighted by molar-refractivity contribution is 0.500. The Kier molecular flexibility index (Phi) is 5.86. The Balaban J connectivity index is 2.02. The number of pyridine rings is 1. The van der Waals surface area contributed by atoms with Gasteiger partial charge in [0.25, 0.3) is 0 Å². The van der Waals surface area contributed by atoms with Crippen LogP contribution in [0.1, 0.15) is 19.4 Å². The molecule has 0 aliphatic carbocycles. The standard InChI is InChI=1S/C14H22N2S2/c1-3-16-13(10-12-4-6-15-7-5-12)14-11(2)17-8-9-18-14/h4-7,11,13-14,16H,3,8-10H2,1-2H3. The van der Waals surface area contributed by atoms with Crippen molar-refractivity contribution in [3.8, 4) is 0 Å². The molecule has 1 fully saturated rings. The summed E-state index contributed by atoms with van der Waals surface area (Å²) in [5.41, 5.74) is 1.39. The highest BCUT2D eigenvalue weighted by Gasteiger charge is 2.29. The predicted octanol–water partition coefficient (Wildman–Crippen LogP) is 2.84. The largest absolute Gasteiger partial charge is 0.313 e. The van der Waals surface area contributed by atoms with Crippen LogP contribution in [0.2, 0.25) is 0 Å². The van der Waals surface area contributed by atoms with Crippen LogP contribution in [0.15, 0.2) is 24.5 Å². The molecule has 2 rings (SSSR count). The van der Waals surface area contributed by atoms with Gasteiger partial charge in [0.1, 0.15) is 0 Å². The summed E-state index contributed by atoms with van der Waals surface area (Å²) in [7, 11) is 0. The molecule has 18 heavy (non-hydrogen) atoms. The van der Waals surface area contributed by atoms with Gasteiger partial charge in [-0.05, 0) is 30.7 Å². The van der Waals surface area contributed by atoms with Crippen LogP contribution in [0, 0.1) is 0 Å². The van der Waals surface area contributed by atoms with Gasteiger partial charge in [-0.3, -0.25) is 4.98 Å². The Morgan fingerprint density at radius 3 is 2.72 bits per heavy atom. The average Bonchev–Trinajstić information content (AvgIpc) is 2.40. The van der Waals surface area contributed by atoms with Gasteiger partial charge in [0.2, 0.25) is 0 Å². The molecule has 0 radical (unpaired) electrons. The lowest BCUT2D eigenvalue weighted by Gasteiger charge is -2.35. The van der Waals surface area contributed by atoms with Gasteiger partial charge in [-0.25, -0.2) is 0 Å². The summed E-state index contributed by atoms with van der Waals surface area (Å²) < 4.78 is 0. The maximum absolute atomic E-state index is 4.10. The molecule has 0 amide bonds. The van der Waals surface area contributed by atoms with Crippen LogP contribution in [0.25, 0.3) is 0 Å². The first kappa shape index (κ1) is 14.2. The molecule has 1 saturated heterocycles. The normalized spacial score (nSPS) is 25.9. The van der Waals surface area contributed by atoms with Crippen LogP contribution in [0.3, 0.4) is 0 Å². The number of hydrogen-bond donors (Lipinski definition) is 1. The number of rotatable bonds is 5. The first-order chi connectivity index (χ1) is 8.81. The number of nitrogens with one attached hydrogen (secondary N) is 1. The third kappa shape index (κ3) is 3.90. The molecule has 2 nitrogen and oxygen atoms in total. The second kappa shape index (κ2) is 7.41. The highest BCUT2D eigenvalue weighted by molar-refractivity contribution is 8.07. The Bertz CT molecular complexity index is 345. The summed E-state index contributed by atoms with van der Waals surface area (Å²) in [6, 6.07) is 4.84. The minimum atomic E-state index is 0.574. The summed E-state index contributed by atoms with van der Waals surface area (Å²) in [5, 5.41) is 5.14. The van der Waals surface area contributed by atoms with E-state index in [1.165, 1.54) is 17.1 Å². The Morgan fingerprint density at radius 1 is 1.33 bits per heavy atom. The van der Waals surface area contributed by atoms with Crippen molar-refractivity contribution >= 4 is 23.5 Å². The maximum atomic E-state index is 4.10. The number of thioether (sulfide) groups is 2. The van der Waals surface area contributed by atoms with Gasteiger partial charge in [0.05, 0.1) is 0 Å². The molecule has 1 aliphatic rings. The third-order valence-corrected chi connectivity index (χ3v) is 6.56. The van der Waals surface area contributed by atoms with E-state index >= 15 is 0 Å². The molecule has 1 aromatic heterocycles. The quantitative estimate of drug-likeness (QED) is 0.898. The number of likely N-dealkylation sites (N-methyl/N-ethyl adjacent to an activating group) is 1. The van der Waals surface area contributed by atoms with Crippen molar-refractivity contribution in [1.82, 2.24) is 10.3 Å². The molecule has 3 unspecified atom stereocenters. The van der Waals surface area contributed by atoms with E-state index in [0.29, 0.717) is 6.04 Å². The van der Waals surface area contributed by atoms with Gasteiger partial charge in [-0.15, -0.1) is 0 Å². The minimum Gasteiger partial charge on any atom is -0.313 e. The maximum Gasteiger partial charge on any atom is 0.0320 e. The SMILES string of the molecule is CCNC(Cc1ccncc1)C1SCCSC1C. The molecule has 1 aliphatic heterocycles. The molecular formula is C14H22N2S2. The van der Waals surface area contributed by atoms with Gasteiger partial charge in [0.15, 0.2) is 0 Å². The summed E-state index contributed by atoms with van der Waals surface area (Å²) in [6.07, 6.45) is 4.90. The highest BCUT2D eigenvalue weighted by Crippen LogP contribution is 2.33. The lowest BCUT2D eigenvalue weighted by atomic mass is 10.0. The third-order valence-electron chi connectivity index (χ3n) is 3.30. The van der Waals surface area contributed by atoms with Crippen LogP contribution in [-0.2, 0) is 6.42 Å². The van der Waals surface area contributed by atoms with Crippen LogP contribution in [-0.4, -0.2) is 39.6 Å². The van der Waals surface area contributed by atoms with Gasteiger partial charge < -0.3 is 5.32 Å². The molecule has 1 N–H and O–H groups in total. The molecule has 100 valence electrons. The molecule has 1 aromatic rings. The molecule has 0 saturated carbocycles. The number of nitrogens with zero attached hydrogens (tertiary/aromatic N) is 1. The zero-order valence-corrected chi connectivity index (χ0v) is 12.8. The van der Waals surface area contributed by atoms with E-state index in [1.54, 1.807) is 0 Å². The van der Waals surface area contributed by atoms with Crippen molar-refractivity contribution in [2.75, 3.05) is 18.1 Å². The Hall–Kier alpha value is -0.190. The van der Waals surface area contributed by atoms with Gasteiger partial charge in [0, 0.05) is 40.4 Å². The van der Waals surface area contributed by atoms with Crippen molar-refractivity contribution in [3.05, 3.63) is 30.1 Å². The highest BCUT2D eigenvalue weighted by atomic mass is 32.2. The molecule has 0 bridgehead atoms. The number of aromatic nitrogens is 1. The van der Waals surface area contributed by atoms with Crippen LogP contribution < -0.4 is 5.32 Å². The summed E-state index contributed by atoms with van der Waals surface area (Å²) in [4.78, 5) is 4.10. The van der Waals surface area contributed by atoms with Crippen molar-refractivity contribution < 1.29 is 0 Å². The summed E-state index contributed by atoms with van der Waals surface area (Å²) in [5.74, 6) is 2.59. The Labute approximate surface area is 119 Å². The topological polar surface area (TPSA) is 24.9 Å². The lowest BCUT2D eigenvalue weighted by Crippen LogP contribution is -2.45. The van der Waals surface area contributed by atoms with E-state index in [0.717, 1.165) is 23.5 Å². The molecule has 2 heterocycles. The molecule has 0 aromatic carbocycles. The average molecular weight is 282 g/mol. The fourth-order valence-corrected chi connectivity index (χ4v) is 5.39. The number of hydrogen-bond acceptors (Lipinski definition) is 4. The minimum absolute atomic E-state index is 0.574. The fraction of sp³-hybridized carbons (Fsp3) is 0.643. The summed E-state index contributed by atoms with van der Waals surface area (Å²) >= 11 is 4.26. The zero-order valence-electron chi connectivity index (χ0n) is 11.1. The van der Waals surface area contributed by atoms with E-state index in [-0.39, 0.29) is 0 Å². The van der Waals surface area contributed by atoms with E-state index in [9.17, 15) is 0 Å². The first-order valence-corrected chi connectivity index (χ1v) is 8.76. The predicted molar refractivity (Wildman–Crippen MR) is 83.6 cm³/mol. The summed E-state index contributed by atoms with van der Waals surface area (Å²) in [6.45, 7) is 5.62. The van der Waals surface area contributed by atoms with E-state index < -0.39 is 0 Å². The molecule has 3 atom stereocenters. The molecule has 0 spiro atoms. The molecular weight excluding hydrogens is 260 g/mol. The van der Waals surface area contributed by atoms with Crippen molar-refractivity contribution in [2.45, 2.75) is 36.8 Å². The van der Waals surface area contributed by atoms with Gasteiger partial charge in [-0.1, -0.05) is 13.8 Å². The molecule has 4 heteroatoms. The van der Waals surface area contributed by atoms with E-state index in [1.807, 2.05) is 12.4 Å². The second-order valence-electron chi connectivity index (χ2n) is 4.64. The van der Waals surface area contributed by atoms with E-state index in [2.05, 4.69) is 59.8 Å². The fourth-order valence-electron chi connectivity index (χ4n) is 2.43. The second-order valence-corrected chi connectivity index (χ2v) is 7.41. The monoisotopic (exact) mass is 282 g/mol. The smallest absolute Gasteiger partial charge is 0.0320 e. The van der Waals surface area contributed by atoms with Crippen molar-refractivity contribution in [1.29, 1.82) is 0 Å². The zero-order chi connectivity index (χ0) is 12.8. The van der Waals surface area contributed by atoms with Gasteiger partial charge in [-0.2, -0.15) is 23.5 Å².